The highest BCUT2D eigenvalue weighted by Gasteiger charge is 2.33. The van der Waals surface area contributed by atoms with Gasteiger partial charge in [0.1, 0.15) is 11.8 Å². The summed E-state index contributed by atoms with van der Waals surface area (Å²) in [4.78, 5) is 46.4. The summed E-state index contributed by atoms with van der Waals surface area (Å²) in [5.74, 6) is 0.633. The van der Waals surface area contributed by atoms with Gasteiger partial charge in [-0.15, -0.1) is 11.8 Å². The van der Waals surface area contributed by atoms with E-state index in [0.717, 1.165) is 27.3 Å². The molecule has 1 unspecified atom stereocenters. The number of nitrogens with zero attached hydrogens (tertiary/aromatic N) is 2. The van der Waals surface area contributed by atoms with Gasteiger partial charge in [0.05, 0.1) is 25.0 Å². The van der Waals surface area contributed by atoms with Crippen molar-refractivity contribution < 1.29 is 18.8 Å². The van der Waals surface area contributed by atoms with Crippen molar-refractivity contribution in [2.45, 2.75) is 56.8 Å². The van der Waals surface area contributed by atoms with Gasteiger partial charge in [-0.05, 0) is 55.7 Å². The number of amides is 3. The molecule has 5 rings (SSSR count). The quantitative estimate of drug-likeness (QED) is 0.214. The summed E-state index contributed by atoms with van der Waals surface area (Å²) >= 11 is 1.56. The van der Waals surface area contributed by atoms with Crippen LogP contribution in [0.1, 0.15) is 48.9 Å². The van der Waals surface area contributed by atoms with Gasteiger partial charge in [0.2, 0.25) is 5.91 Å². The summed E-state index contributed by atoms with van der Waals surface area (Å²) < 4.78 is 5.28. The highest BCUT2D eigenvalue weighted by atomic mass is 32.2. The second kappa shape index (κ2) is 13.9. The minimum Gasteiger partial charge on any atom is -0.447 e. The number of carbonyl (C=O) groups excluding carboxylic acids is 3. The van der Waals surface area contributed by atoms with Crippen molar-refractivity contribution in [1.29, 1.82) is 0 Å². The molecule has 3 aromatic carbocycles. The number of aromatic nitrogens is 1. The van der Waals surface area contributed by atoms with Crippen LogP contribution in [0.4, 0.5) is 5.69 Å². The molecular formula is C34H37N5O4S. The monoisotopic (exact) mass is 611 g/mol. The molecular weight excluding hydrogens is 574 g/mol. The molecule has 0 bridgehead atoms. The van der Waals surface area contributed by atoms with Crippen LogP contribution in [-0.4, -0.2) is 46.6 Å². The third kappa shape index (κ3) is 7.56. The molecule has 0 fully saturated rings. The first-order chi connectivity index (χ1) is 21.2. The second-order valence-electron chi connectivity index (χ2n) is 11.3. The van der Waals surface area contributed by atoms with Gasteiger partial charge in [0, 0.05) is 34.7 Å². The fourth-order valence-electron chi connectivity index (χ4n) is 5.15. The Labute approximate surface area is 261 Å². The zero-order valence-corrected chi connectivity index (χ0v) is 25.9. The predicted molar refractivity (Wildman–Crippen MR) is 172 cm³/mol. The van der Waals surface area contributed by atoms with Crippen molar-refractivity contribution in [2.75, 3.05) is 17.2 Å². The van der Waals surface area contributed by atoms with Gasteiger partial charge in [-0.1, -0.05) is 54.6 Å². The third-order valence-corrected chi connectivity index (χ3v) is 8.56. The van der Waals surface area contributed by atoms with E-state index in [1.165, 1.54) is 6.39 Å². The minimum atomic E-state index is -0.687. The zero-order chi connectivity index (χ0) is 31.1. The number of nitrogens with one attached hydrogen (secondary N) is 3. The summed E-state index contributed by atoms with van der Waals surface area (Å²) in [6, 6.07) is 22.6. The Hall–Kier alpha value is -4.41. The van der Waals surface area contributed by atoms with Gasteiger partial charge in [-0.3, -0.25) is 14.4 Å². The number of hydrogen-bond acceptors (Lipinski definition) is 7. The lowest BCUT2D eigenvalue weighted by Gasteiger charge is -2.28. The van der Waals surface area contributed by atoms with Crippen molar-refractivity contribution >= 4 is 35.2 Å². The van der Waals surface area contributed by atoms with Gasteiger partial charge in [-0.2, -0.15) is 0 Å². The molecule has 1 aliphatic heterocycles. The van der Waals surface area contributed by atoms with Crippen LogP contribution in [-0.2, 0) is 22.7 Å². The molecule has 1 aliphatic rings. The molecule has 0 radical (unpaired) electrons. The van der Waals surface area contributed by atoms with Crippen molar-refractivity contribution in [3.63, 3.8) is 0 Å². The normalized spacial score (nSPS) is 14.9. The number of anilines is 1. The van der Waals surface area contributed by atoms with E-state index in [1.54, 1.807) is 22.9 Å². The number of hydrogen-bond donors (Lipinski definition) is 3. The van der Waals surface area contributed by atoms with Crippen LogP contribution in [0, 0.1) is 0 Å². The van der Waals surface area contributed by atoms with E-state index < -0.39 is 11.6 Å². The summed E-state index contributed by atoms with van der Waals surface area (Å²) in [5, 5.41) is 9.20. The molecule has 0 saturated carbocycles. The van der Waals surface area contributed by atoms with E-state index in [0.29, 0.717) is 36.7 Å². The molecule has 10 heteroatoms. The Morgan fingerprint density at radius 3 is 2.55 bits per heavy atom. The van der Waals surface area contributed by atoms with E-state index in [-0.39, 0.29) is 24.1 Å². The summed E-state index contributed by atoms with van der Waals surface area (Å²) in [6.07, 6.45) is 3.19. The molecule has 0 aliphatic carbocycles. The van der Waals surface area contributed by atoms with Gasteiger partial charge in [0.15, 0.2) is 6.39 Å². The second-order valence-corrected chi connectivity index (χ2v) is 12.4. The standard InChI is InChI=1S/C34H37N5O4S/c1-4-36-32(41)27-10-6-5-9-26(27)24-15-13-23(14-16-24)20-39-29-11-7-8-12-30(29)44-21-28(33(39)42)38-31(40)17-34(2,3)37-19-25-18-35-22-43-25/h5-16,18,22,28,37H,4,17,19-21H2,1-3H3,(H,36,41)(H,38,40). The molecule has 1 atom stereocenters. The average molecular weight is 612 g/mol. The fraction of sp³-hybridized carbons (Fsp3) is 0.294. The van der Waals surface area contributed by atoms with E-state index >= 15 is 0 Å². The number of benzene rings is 3. The van der Waals surface area contributed by atoms with Gasteiger partial charge >= 0.3 is 0 Å². The molecule has 228 valence electrons. The molecule has 9 nitrogen and oxygen atoms in total. The lowest BCUT2D eigenvalue weighted by atomic mass is 9.98. The van der Waals surface area contributed by atoms with Crippen LogP contribution in [0.3, 0.4) is 0 Å². The van der Waals surface area contributed by atoms with E-state index in [4.69, 9.17) is 4.42 Å². The molecule has 2 heterocycles. The first kappa shape index (κ1) is 31.0. The number of thioether (sulfide) groups is 1. The van der Waals surface area contributed by atoms with Crippen molar-refractivity contribution in [3.8, 4) is 11.1 Å². The summed E-state index contributed by atoms with van der Waals surface area (Å²) in [5.41, 5.74) is 3.60. The van der Waals surface area contributed by atoms with Crippen molar-refractivity contribution in [2.24, 2.45) is 0 Å². The Kier molecular flexibility index (Phi) is 9.82. The minimum absolute atomic E-state index is 0.112. The molecule has 0 spiro atoms. The van der Waals surface area contributed by atoms with Crippen molar-refractivity contribution in [3.05, 3.63) is 102 Å². The number of fused-ring (bicyclic) bond motifs is 1. The fourth-order valence-corrected chi connectivity index (χ4v) is 6.22. The number of carbonyl (C=O) groups is 3. The van der Waals surface area contributed by atoms with Crippen LogP contribution in [0.5, 0.6) is 0 Å². The van der Waals surface area contributed by atoms with Crippen LogP contribution in [0.15, 0.2) is 94.7 Å². The lowest BCUT2D eigenvalue weighted by molar-refractivity contribution is -0.127. The number of oxazole rings is 1. The first-order valence-corrected chi connectivity index (χ1v) is 15.6. The topological polar surface area (TPSA) is 117 Å². The van der Waals surface area contributed by atoms with Crippen molar-refractivity contribution in [1.82, 2.24) is 20.9 Å². The van der Waals surface area contributed by atoms with Crippen LogP contribution in [0.2, 0.25) is 0 Å². The summed E-state index contributed by atoms with van der Waals surface area (Å²) in [6.45, 7) is 7.10. The van der Waals surface area contributed by atoms with Gasteiger partial charge < -0.3 is 25.3 Å². The van der Waals surface area contributed by atoms with Crippen LogP contribution < -0.4 is 20.9 Å². The van der Waals surface area contributed by atoms with Gasteiger partial charge in [0.25, 0.3) is 11.8 Å². The highest BCUT2D eigenvalue weighted by Crippen LogP contribution is 2.35. The number of rotatable bonds is 11. The van der Waals surface area contributed by atoms with E-state index in [1.807, 2.05) is 93.6 Å². The van der Waals surface area contributed by atoms with E-state index in [2.05, 4.69) is 20.9 Å². The maximum Gasteiger partial charge on any atom is 0.251 e. The smallest absolute Gasteiger partial charge is 0.251 e. The molecule has 3 amide bonds. The number of para-hydroxylation sites is 1. The molecule has 3 N–H and O–H groups in total. The Morgan fingerprint density at radius 1 is 1.05 bits per heavy atom. The highest BCUT2D eigenvalue weighted by molar-refractivity contribution is 7.99. The zero-order valence-electron chi connectivity index (χ0n) is 25.1. The average Bonchev–Trinajstić information content (AvgIpc) is 3.51. The Bertz CT molecular complexity index is 1600. The van der Waals surface area contributed by atoms with Gasteiger partial charge in [-0.25, -0.2) is 4.98 Å². The summed E-state index contributed by atoms with van der Waals surface area (Å²) in [7, 11) is 0. The molecule has 4 aromatic rings. The third-order valence-electron chi connectivity index (χ3n) is 7.40. The first-order valence-electron chi connectivity index (χ1n) is 14.7. The maximum absolute atomic E-state index is 14.0. The van der Waals surface area contributed by atoms with Crippen LogP contribution >= 0.6 is 11.8 Å². The SMILES string of the molecule is CCNC(=O)c1ccccc1-c1ccc(CN2C(=O)C(NC(=O)CC(C)(C)NCc3cnco3)CSc3ccccc32)cc1. The molecule has 0 saturated heterocycles. The molecule has 1 aromatic heterocycles. The lowest BCUT2D eigenvalue weighted by Crippen LogP contribution is -2.51. The Balaban J connectivity index is 1.31. The van der Waals surface area contributed by atoms with Crippen LogP contribution in [0.25, 0.3) is 11.1 Å². The predicted octanol–water partition coefficient (Wildman–Crippen LogP) is 5.17. The Morgan fingerprint density at radius 2 is 1.80 bits per heavy atom. The molecule has 44 heavy (non-hydrogen) atoms. The maximum atomic E-state index is 14.0. The van der Waals surface area contributed by atoms with E-state index in [9.17, 15) is 14.4 Å². The largest absolute Gasteiger partial charge is 0.447 e.